The summed E-state index contributed by atoms with van der Waals surface area (Å²) in [7, 11) is 0. The Balaban J connectivity index is 3.17. The molecule has 0 saturated heterocycles. The van der Waals surface area contributed by atoms with E-state index in [0.29, 0.717) is 18.7 Å². The van der Waals surface area contributed by atoms with Gasteiger partial charge >= 0.3 is 0 Å². The molecule has 26 heavy (non-hydrogen) atoms. The van der Waals surface area contributed by atoms with Crippen LogP contribution < -0.4 is 10.6 Å². The second kappa shape index (κ2) is 20.6. The predicted octanol–water partition coefficient (Wildman–Crippen LogP) is 5.02. The summed E-state index contributed by atoms with van der Waals surface area (Å²) in [6, 6.07) is 0. The summed E-state index contributed by atoms with van der Waals surface area (Å²) in [6.07, 6.45) is 19.0. The Kier molecular flexibility index (Phi) is 20.0. The molecule has 0 aromatic rings. The summed E-state index contributed by atoms with van der Waals surface area (Å²) in [5.41, 5.74) is 0. The Bertz CT molecular complexity index is 338. The number of hydrogen-bond donors (Lipinski definition) is 3. The molecule has 5 heteroatoms. The molecule has 0 spiro atoms. The number of thiol groups is 1. The lowest BCUT2D eigenvalue weighted by molar-refractivity contribution is -0.125. The zero-order valence-electron chi connectivity index (χ0n) is 17.0. The topological polar surface area (TPSA) is 58.2 Å². The lowest BCUT2D eigenvalue weighted by atomic mass is 10.0. The average Bonchev–Trinajstić information content (AvgIpc) is 2.63. The maximum atomic E-state index is 11.5. The van der Waals surface area contributed by atoms with Crippen molar-refractivity contribution in [2.45, 2.75) is 103 Å². The van der Waals surface area contributed by atoms with E-state index >= 15 is 0 Å². The van der Waals surface area contributed by atoms with Crippen molar-refractivity contribution < 1.29 is 9.59 Å². The first-order valence-corrected chi connectivity index (χ1v) is 11.5. The fraction of sp³-hybridized carbons (Fsp3) is 0.905. The summed E-state index contributed by atoms with van der Waals surface area (Å²) in [4.78, 5) is 22.8. The number of rotatable bonds is 19. The number of hydrogen-bond acceptors (Lipinski definition) is 3. The summed E-state index contributed by atoms with van der Waals surface area (Å²) < 4.78 is 0. The fourth-order valence-electron chi connectivity index (χ4n) is 2.98. The molecule has 4 nitrogen and oxygen atoms in total. The van der Waals surface area contributed by atoms with Crippen molar-refractivity contribution in [1.82, 2.24) is 10.6 Å². The van der Waals surface area contributed by atoms with Crippen LogP contribution in [0, 0.1) is 0 Å². The Hall–Kier alpha value is -0.710. The third kappa shape index (κ3) is 19.6. The molecule has 0 unspecified atom stereocenters. The molecule has 0 aliphatic carbocycles. The molecule has 0 fully saturated rings. The van der Waals surface area contributed by atoms with Crippen molar-refractivity contribution in [1.29, 1.82) is 0 Å². The molecule has 0 rings (SSSR count). The van der Waals surface area contributed by atoms with Crippen LogP contribution in [0.25, 0.3) is 0 Å². The van der Waals surface area contributed by atoms with Gasteiger partial charge in [-0.25, -0.2) is 0 Å². The van der Waals surface area contributed by atoms with Crippen LogP contribution in [0.3, 0.4) is 0 Å². The Labute approximate surface area is 167 Å². The number of unbranched alkanes of at least 4 members (excludes halogenated alkanes) is 13. The van der Waals surface area contributed by atoms with Gasteiger partial charge in [-0.2, -0.15) is 12.6 Å². The molecule has 0 aliphatic rings. The van der Waals surface area contributed by atoms with E-state index < -0.39 is 0 Å². The van der Waals surface area contributed by atoms with E-state index in [9.17, 15) is 9.59 Å². The second-order valence-corrected chi connectivity index (χ2v) is 7.64. The van der Waals surface area contributed by atoms with Gasteiger partial charge in [0, 0.05) is 13.0 Å². The van der Waals surface area contributed by atoms with Crippen molar-refractivity contribution in [3.8, 4) is 0 Å². The zero-order valence-corrected chi connectivity index (χ0v) is 17.9. The van der Waals surface area contributed by atoms with Crippen molar-refractivity contribution in [3.05, 3.63) is 0 Å². The maximum Gasteiger partial charge on any atom is 0.239 e. The number of nitrogens with one attached hydrogen (secondary N) is 2. The number of carbonyl (C=O) groups excluding carboxylic acids is 2. The van der Waals surface area contributed by atoms with Gasteiger partial charge in [0.2, 0.25) is 11.8 Å². The lowest BCUT2D eigenvalue weighted by Crippen LogP contribution is -2.37. The minimum absolute atomic E-state index is 0.0746. The van der Waals surface area contributed by atoms with E-state index in [0.717, 1.165) is 6.42 Å². The first-order valence-electron chi connectivity index (χ1n) is 10.8. The highest BCUT2D eigenvalue weighted by Crippen LogP contribution is 2.12. The van der Waals surface area contributed by atoms with E-state index in [1.807, 2.05) is 0 Å². The molecule has 2 N–H and O–H groups in total. The molecule has 0 atom stereocenters. The van der Waals surface area contributed by atoms with Gasteiger partial charge in [-0.3, -0.25) is 9.59 Å². The van der Waals surface area contributed by atoms with E-state index in [1.165, 1.54) is 83.5 Å². The average molecular weight is 387 g/mol. The normalized spacial score (nSPS) is 10.7. The summed E-state index contributed by atoms with van der Waals surface area (Å²) >= 11 is 3.98. The van der Waals surface area contributed by atoms with Crippen molar-refractivity contribution in [3.63, 3.8) is 0 Å². The van der Waals surface area contributed by atoms with Crippen LogP contribution in [0.4, 0.5) is 0 Å². The highest BCUT2D eigenvalue weighted by molar-refractivity contribution is 7.80. The SMILES string of the molecule is CCCCCCCCCCCCCCCCNC(=O)CNC(=O)CCS. The molecular formula is C21H42N2O2S. The lowest BCUT2D eigenvalue weighted by Gasteiger charge is -2.06. The minimum atomic E-state index is -0.119. The van der Waals surface area contributed by atoms with Gasteiger partial charge in [0.1, 0.15) is 0 Å². The van der Waals surface area contributed by atoms with E-state index in [4.69, 9.17) is 0 Å². The molecule has 2 amide bonds. The molecule has 0 bridgehead atoms. The van der Waals surface area contributed by atoms with E-state index in [2.05, 4.69) is 30.2 Å². The van der Waals surface area contributed by atoms with Gasteiger partial charge in [0.05, 0.1) is 6.54 Å². The van der Waals surface area contributed by atoms with Crippen LogP contribution in [0.15, 0.2) is 0 Å². The Morgan fingerprint density at radius 3 is 1.58 bits per heavy atom. The van der Waals surface area contributed by atoms with Gasteiger partial charge in [0.15, 0.2) is 0 Å². The first kappa shape index (κ1) is 25.3. The molecule has 0 aliphatic heterocycles. The number of carbonyl (C=O) groups is 2. The Morgan fingerprint density at radius 2 is 1.12 bits per heavy atom. The van der Waals surface area contributed by atoms with Crippen LogP contribution in [0.1, 0.15) is 103 Å². The zero-order chi connectivity index (χ0) is 19.3. The van der Waals surface area contributed by atoms with Crippen LogP contribution in [-0.2, 0) is 9.59 Å². The van der Waals surface area contributed by atoms with Crippen LogP contribution in [0.5, 0.6) is 0 Å². The third-order valence-electron chi connectivity index (χ3n) is 4.64. The van der Waals surface area contributed by atoms with Crippen molar-refractivity contribution >= 4 is 24.4 Å². The summed E-state index contributed by atoms with van der Waals surface area (Å²) in [6.45, 7) is 3.05. The highest BCUT2D eigenvalue weighted by Gasteiger charge is 2.03. The summed E-state index contributed by atoms with van der Waals surface area (Å²) in [5, 5.41) is 5.44. The van der Waals surface area contributed by atoms with E-state index in [1.54, 1.807) is 0 Å². The smallest absolute Gasteiger partial charge is 0.239 e. The first-order chi connectivity index (χ1) is 12.7. The van der Waals surface area contributed by atoms with Crippen LogP contribution >= 0.6 is 12.6 Å². The van der Waals surface area contributed by atoms with Crippen LogP contribution in [0.2, 0.25) is 0 Å². The fourth-order valence-corrected chi connectivity index (χ4v) is 3.18. The van der Waals surface area contributed by atoms with Crippen molar-refractivity contribution in [2.75, 3.05) is 18.8 Å². The van der Waals surface area contributed by atoms with Gasteiger partial charge in [0.25, 0.3) is 0 Å². The summed E-state index contributed by atoms with van der Waals surface area (Å²) in [5.74, 6) is 0.283. The predicted molar refractivity (Wildman–Crippen MR) is 115 cm³/mol. The molecule has 0 aromatic heterocycles. The Morgan fingerprint density at radius 1 is 0.654 bits per heavy atom. The van der Waals surface area contributed by atoms with Crippen LogP contribution in [-0.4, -0.2) is 30.7 Å². The maximum absolute atomic E-state index is 11.5. The molecule has 0 aromatic carbocycles. The quantitative estimate of drug-likeness (QED) is 0.216. The van der Waals surface area contributed by atoms with Gasteiger partial charge in [-0.05, 0) is 12.2 Å². The van der Waals surface area contributed by atoms with Gasteiger partial charge < -0.3 is 10.6 Å². The van der Waals surface area contributed by atoms with Gasteiger partial charge in [-0.1, -0.05) is 90.4 Å². The molecule has 0 heterocycles. The largest absolute Gasteiger partial charge is 0.355 e. The van der Waals surface area contributed by atoms with Gasteiger partial charge in [-0.15, -0.1) is 0 Å². The molecule has 154 valence electrons. The standard InChI is InChI=1S/C21H42N2O2S/c1-2-3-4-5-6-7-8-9-10-11-12-13-14-15-17-22-21(25)19-23-20(24)16-18-26/h26H,2-19H2,1H3,(H,22,25)(H,23,24). The third-order valence-corrected chi connectivity index (χ3v) is 4.86. The minimum Gasteiger partial charge on any atom is -0.355 e. The molecule has 0 radical (unpaired) electrons. The second-order valence-electron chi connectivity index (χ2n) is 7.20. The highest BCUT2D eigenvalue weighted by atomic mass is 32.1. The monoisotopic (exact) mass is 386 g/mol. The van der Waals surface area contributed by atoms with Crippen molar-refractivity contribution in [2.24, 2.45) is 0 Å². The van der Waals surface area contributed by atoms with E-state index in [-0.39, 0.29) is 18.4 Å². The molecule has 0 saturated carbocycles. The molecular weight excluding hydrogens is 344 g/mol. The number of amides is 2.